The summed E-state index contributed by atoms with van der Waals surface area (Å²) in [4.78, 5) is 39.1. The molecular weight excluding hydrogens is 446 g/mol. The number of nitro benzene ring substituents is 1. The highest BCUT2D eigenvalue weighted by atomic mass is 32.1. The first-order valence-corrected chi connectivity index (χ1v) is 11.4. The topological polar surface area (TPSA) is 117 Å². The van der Waals surface area contributed by atoms with Gasteiger partial charge in [0, 0.05) is 38.2 Å². The Balaban J connectivity index is 1.89. The van der Waals surface area contributed by atoms with E-state index in [0.29, 0.717) is 12.0 Å². The first kappa shape index (κ1) is 24.3. The van der Waals surface area contributed by atoms with Crippen molar-refractivity contribution in [1.82, 2.24) is 15.2 Å². The normalized spacial score (nSPS) is 15.5. The van der Waals surface area contributed by atoms with Crippen LogP contribution in [0.5, 0.6) is 0 Å². The van der Waals surface area contributed by atoms with Crippen molar-refractivity contribution in [3.63, 3.8) is 0 Å². The van der Waals surface area contributed by atoms with Crippen LogP contribution in [-0.4, -0.2) is 65.3 Å². The lowest BCUT2D eigenvalue weighted by molar-refractivity contribution is -0.384. The summed E-state index contributed by atoms with van der Waals surface area (Å²) >= 11 is 1.51. The highest BCUT2D eigenvalue weighted by Crippen LogP contribution is 2.35. The molecular formula is C22H27N5O5S. The zero-order valence-electron chi connectivity index (χ0n) is 18.8. The molecule has 3 rings (SSSR count). The smallest absolute Gasteiger partial charge is 0.318 e. The molecule has 1 aliphatic heterocycles. The third kappa shape index (κ3) is 6.14. The maximum atomic E-state index is 13.4. The Hall–Kier alpha value is -3.31. The number of ether oxygens (including phenoxy) is 1. The van der Waals surface area contributed by atoms with E-state index in [1.807, 2.05) is 31.4 Å². The lowest BCUT2D eigenvalue weighted by atomic mass is 10.0. The van der Waals surface area contributed by atoms with Gasteiger partial charge in [-0.25, -0.2) is 9.80 Å². The van der Waals surface area contributed by atoms with E-state index in [4.69, 9.17) is 4.74 Å². The molecule has 0 fully saturated rings. The van der Waals surface area contributed by atoms with Gasteiger partial charge in [0.25, 0.3) is 11.6 Å². The van der Waals surface area contributed by atoms with Crippen LogP contribution < -0.4 is 5.32 Å². The van der Waals surface area contributed by atoms with Gasteiger partial charge in [0.05, 0.1) is 28.2 Å². The third-order valence-electron chi connectivity index (χ3n) is 5.03. The summed E-state index contributed by atoms with van der Waals surface area (Å²) in [5, 5.41) is 21.9. The fraction of sp³-hybridized carbons (Fsp3) is 0.409. The first-order valence-electron chi connectivity index (χ1n) is 10.5. The molecule has 2 aromatic rings. The van der Waals surface area contributed by atoms with Crippen molar-refractivity contribution in [3.05, 3.63) is 62.3 Å². The van der Waals surface area contributed by atoms with Crippen molar-refractivity contribution >= 4 is 34.7 Å². The van der Waals surface area contributed by atoms with Crippen LogP contribution in [0.25, 0.3) is 0 Å². The molecule has 0 radical (unpaired) electrons. The maximum Gasteiger partial charge on any atom is 0.318 e. The van der Waals surface area contributed by atoms with Crippen LogP contribution in [0.15, 0.2) is 46.9 Å². The van der Waals surface area contributed by atoms with E-state index >= 15 is 0 Å². The van der Waals surface area contributed by atoms with E-state index in [1.54, 1.807) is 12.1 Å². The minimum atomic E-state index is -0.507. The fourth-order valence-corrected chi connectivity index (χ4v) is 4.19. The number of hydrazone groups is 1. The molecule has 1 N–H and O–H groups in total. The average Bonchev–Trinajstić information content (AvgIpc) is 3.46. The number of nitro groups is 1. The number of amides is 3. The molecule has 10 nitrogen and oxygen atoms in total. The van der Waals surface area contributed by atoms with Gasteiger partial charge in [-0.1, -0.05) is 18.2 Å². The molecule has 2 heterocycles. The van der Waals surface area contributed by atoms with E-state index < -0.39 is 11.0 Å². The third-order valence-corrected chi connectivity index (χ3v) is 5.95. The summed E-state index contributed by atoms with van der Waals surface area (Å²) in [6.45, 7) is 3.98. The molecule has 0 aliphatic carbocycles. The number of hydrogen-bond donors (Lipinski definition) is 1. The highest BCUT2D eigenvalue weighted by Gasteiger charge is 2.35. The molecule has 0 saturated heterocycles. The second-order valence-electron chi connectivity index (χ2n) is 7.85. The molecule has 1 aliphatic rings. The van der Waals surface area contributed by atoms with Gasteiger partial charge in [-0.3, -0.25) is 14.9 Å². The van der Waals surface area contributed by atoms with Crippen molar-refractivity contribution in [1.29, 1.82) is 0 Å². The number of benzene rings is 1. The van der Waals surface area contributed by atoms with Gasteiger partial charge in [-0.15, -0.1) is 11.3 Å². The Morgan fingerprint density at radius 3 is 2.79 bits per heavy atom. The molecule has 176 valence electrons. The lowest BCUT2D eigenvalue weighted by Crippen LogP contribution is -2.48. The maximum absolute atomic E-state index is 13.4. The van der Waals surface area contributed by atoms with Gasteiger partial charge < -0.3 is 15.0 Å². The molecule has 3 amide bonds. The van der Waals surface area contributed by atoms with Crippen LogP contribution in [0.2, 0.25) is 0 Å². The number of carbonyl (C=O) groups excluding carboxylic acids is 2. The summed E-state index contributed by atoms with van der Waals surface area (Å²) in [6.07, 6.45) is 0.420. The van der Waals surface area contributed by atoms with E-state index in [2.05, 4.69) is 10.4 Å². The Morgan fingerprint density at radius 2 is 2.15 bits per heavy atom. The zero-order chi connectivity index (χ0) is 24.0. The quantitative estimate of drug-likeness (QED) is 0.442. The summed E-state index contributed by atoms with van der Waals surface area (Å²) in [6, 6.07) is 9.07. The molecule has 0 saturated carbocycles. The second kappa shape index (κ2) is 11.0. The monoisotopic (exact) mass is 473 g/mol. The highest BCUT2D eigenvalue weighted by molar-refractivity contribution is 7.12. The minimum Gasteiger partial charge on any atom is -0.383 e. The summed E-state index contributed by atoms with van der Waals surface area (Å²) in [5.41, 5.74) is 1.29. The molecule has 1 atom stereocenters. The lowest BCUT2D eigenvalue weighted by Gasteiger charge is -2.27. The number of carbonyl (C=O) groups is 2. The number of rotatable bonds is 9. The molecule has 33 heavy (non-hydrogen) atoms. The zero-order valence-corrected chi connectivity index (χ0v) is 19.6. The SMILES string of the molecule is COCCN(CC(=O)N1N=C(c2cccs2)C[C@@H]1c1cccc([N+](=O)[O-])c1)C(=O)NC(C)C. The van der Waals surface area contributed by atoms with Crippen LogP contribution in [0.3, 0.4) is 0 Å². The van der Waals surface area contributed by atoms with Gasteiger partial charge in [-0.2, -0.15) is 5.10 Å². The van der Waals surface area contributed by atoms with Crippen molar-refractivity contribution in [2.75, 3.05) is 26.8 Å². The minimum absolute atomic E-state index is 0.0532. The predicted molar refractivity (Wildman–Crippen MR) is 125 cm³/mol. The van der Waals surface area contributed by atoms with Crippen LogP contribution in [0, 0.1) is 10.1 Å². The Morgan fingerprint density at radius 1 is 1.36 bits per heavy atom. The molecule has 11 heteroatoms. The van der Waals surface area contributed by atoms with Crippen molar-refractivity contribution in [2.45, 2.75) is 32.4 Å². The number of urea groups is 1. The average molecular weight is 474 g/mol. The summed E-state index contributed by atoms with van der Waals surface area (Å²) in [7, 11) is 1.52. The number of thiophene rings is 1. The molecule has 0 spiro atoms. The largest absolute Gasteiger partial charge is 0.383 e. The fourth-order valence-electron chi connectivity index (χ4n) is 3.46. The molecule has 1 aromatic carbocycles. The molecule has 1 aromatic heterocycles. The first-order chi connectivity index (χ1) is 15.8. The van der Waals surface area contributed by atoms with Gasteiger partial charge in [0.1, 0.15) is 6.54 Å². The van der Waals surface area contributed by atoms with Gasteiger partial charge in [-0.05, 0) is 30.9 Å². The van der Waals surface area contributed by atoms with Crippen LogP contribution >= 0.6 is 11.3 Å². The Labute approximate surface area is 196 Å². The number of hydrogen-bond acceptors (Lipinski definition) is 7. The second-order valence-corrected chi connectivity index (χ2v) is 8.80. The van der Waals surface area contributed by atoms with E-state index in [-0.39, 0.29) is 43.4 Å². The number of nitrogens with one attached hydrogen (secondary N) is 1. The van der Waals surface area contributed by atoms with Crippen LogP contribution in [-0.2, 0) is 9.53 Å². The molecule has 0 bridgehead atoms. The standard InChI is InChI=1S/C22H27N5O5S/c1-15(2)23-22(29)25(9-10-32-3)14-21(28)26-19(13-18(24-26)20-8-5-11-33-20)16-6-4-7-17(12-16)27(30)31/h4-8,11-12,15,19H,9-10,13-14H2,1-3H3,(H,23,29)/t19-/m1/s1. The summed E-state index contributed by atoms with van der Waals surface area (Å²) < 4.78 is 5.09. The van der Waals surface area contributed by atoms with Gasteiger partial charge in [0.2, 0.25) is 0 Å². The predicted octanol–water partition coefficient (Wildman–Crippen LogP) is 3.40. The summed E-state index contributed by atoms with van der Waals surface area (Å²) in [5.74, 6) is -0.381. The van der Waals surface area contributed by atoms with E-state index in [0.717, 1.165) is 10.6 Å². The van der Waals surface area contributed by atoms with Crippen molar-refractivity contribution < 1.29 is 19.2 Å². The van der Waals surface area contributed by atoms with Crippen LogP contribution in [0.4, 0.5) is 10.5 Å². The Bertz CT molecular complexity index is 1020. The number of nitrogens with zero attached hydrogens (tertiary/aromatic N) is 4. The van der Waals surface area contributed by atoms with Crippen molar-refractivity contribution in [2.24, 2.45) is 5.10 Å². The van der Waals surface area contributed by atoms with Gasteiger partial charge in [0.15, 0.2) is 0 Å². The van der Waals surface area contributed by atoms with E-state index in [9.17, 15) is 19.7 Å². The van der Waals surface area contributed by atoms with Crippen molar-refractivity contribution in [3.8, 4) is 0 Å². The van der Waals surface area contributed by atoms with Crippen LogP contribution in [0.1, 0.15) is 36.8 Å². The van der Waals surface area contributed by atoms with Gasteiger partial charge >= 0.3 is 6.03 Å². The Kier molecular flexibility index (Phi) is 8.12. The number of methoxy groups -OCH3 is 1. The number of non-ortho nitro benzene ring substituents is 1. The van der Waals surface area contributed by atoms with E-state index in [1.165, 1.54) is 40.5 Å². The molecule has 0 unspecified atom stereocenters.